The number of halogens is 1. The Balaban J connectivity index is 1.71. The van der Waals surface area contributed by atoms with E-state index in [9.17, 15) is 13.2 Å². The molecule has 1 aliphatic carbocycles. The van der Waals surface area contributed by atoms with Gasteiger partial charge in [0.1, 0.15) is 5.75 Å². The van der Waals surface area contributed by atoms with Crippen molar-refractivity contribution in [2.45, 2.75) is 50.6 Å². The van der Waals surface area contributed by atoms with Crippen molar-refractivity contribution in [3.05, 3.63) is 28.7 Å². The van der Waals surface area contributed by atoms with Gasteiger partial charge in [0.2, 0.25) is 0 Å². The van der Waals surface area contributed by atoms with Gasteiger partial charge in [-0.05, 0) is 47.3 Å². The van der Waals surface area contributed by atoms with Gasteiger partial charge in [0.15, 0.2) is 16.4 Å². The topological polar surface area (TPSA) is 63.7 Å². The molecule has 1 atom stereocenters. The molecule has 1 heterocycles. The average Bonchev–Trinajstić information content (AvgIpc) is 2.95. The van der Waals surface area contributed by atoms with E-state index in [-0.39, 0.29) is 36.1 Å². The molecule has 2 aliphatic rings. The number of hydrogen-bond donors (Lipinski definition) is 0. The van der Waals surface area contributed by atoms with Crippen molar-refractivity contribution in [1.29, 1.82) is 0 Å². The number of benzene rings is 1. The van der Waals surface area contributed by atoms with Crippen LogP contribution in [-0.2, 0) is 14.6 Å². The van der Waals surface area contributed by atoms with Crippen LogP contribution in [-0.4, -0.2) is 49.4 Å². The lowest BCUT2D eigenvalue weighted by Crippen LogP contribution is -2.50. The predicted octanol–water partition coefficient (Wildman–Crippen LogP) is 3.18. The van der Waals surface area contributed by atoms with Gasteiger partial charge >= 0.3 is 0 Å². The normalized spacial score (nSPS) is 23.3. The van der Waals surface area contributed by atoms with Gasteiger partial charge in [-0.15, -0.1) is 0 Å². The van der Waals surface area contributed by atoms with Gasteiger partial charge in [-0.3, -0.25) is 4.79 Å². The van der Waals surface area contributed by atoms with E-state index in [4.69, 9.17) is 4.74 Å². The summed E-state index contributed by atoms with van der Waals surface area (Å²) in [6.45, 7) is -0.0599. The number of carbonyl (C=O) groups excluding carboxylic acids is 1. The number of rotatable bonds is 5. The lowest BCUT2D eigenvalue weighted by Gasteiger charge is -2.38. The number of para-hydroxylation sites is 1. The summed E-state index contributed by atoms with van der Waals surface area (Å²) in [7, 11) is -3.03. The van der Waals surface area contributed by atoms with E-state index >= 15 is 0 Å². The third-order valence-corrected chi connectivity index (χ3v) is 7.45. The molecule has 0 radical (unpaired) electrons. The van der Waals surface area contributed by atoms with Gasteiger partial charge < -0.3 is 9.64 Å². The van der Waals surface area contributed by atoms with E-state index in [0.717, 1.165) is 30.2 Å². The molecule has 1 unspecified atom stereocenters. The predicted molar refractivity (Wildman–Crippen MR) is 100 cm³/mol. The molecule has 0 aromatic heterocycles. The highest BCUT2D eigenvalue weighted by Crippen LogP contribution is 2.29. The molecule has 1 amide bonds. The molecule has 1 aliphatic heterocycles. The minimum atomic E-state index is -3.03. The van der Waals surface area contributed by atoms with Gasteiger partial charge in [0.05, 0.1) is 16.0 Å². The summed E-state index contributed by atoms with van der Waals surface area (Å²) >= 11 is 3.41. The number of nitrogens with zero attached hydrogens (tertiary/aromatic N) is 1. The van der Waals surface area contributed by atoms with E-state index in [1.807, 2.05) is 29.2 Å². The number of carbonyl (C=O) groups is 1. The lowest BCUT2D eigenvalue weighted by atomic mass is 9.93. The Labute approximate surface area is 157 Å². The summed E-state index contributed by atoms with van der Waals surface area (Å²) in [5.74, 6) is 0.784. The van der Waals surface area contributed by atoms with Gasteiger partial charge in [-0.2, -0.15) is 0 Å². The zero-order valence-electron chi connectivity index (χ0n) is 14.2. The Hall–Kier alpha value is -1.08. The van der Waals surface area contributed by atoms with Crippen molar-refractivity contribution in [1.82, 2.24) is 4.90 Å². The van der Waals surface area contributed by atoms with E-state index in [1.54, 1.807) is 0 Å². The van der Waals surface area contributed by atoms with Crippen LogP contribution in [0.3, 0.4) is 0 Å². The highest BCUT2D eigenvalue weighted by molar-refractivity contribution is 9.10. The van der Waals surface area contributed by atoms with Gasteiger partial charge in [-0.1, -0.05) is 31.4 Å². The molecule has 0 N–H and O–H groups in total. The van der Waals surface area contributed by atoms with Crippen LogP contribution in [0.4, 0.5) is 0 Å². The smallest absolute Gasteiger partial charge is 0.261 e. The first-order chi connectivity index (χ1) is 12.0. The van der Waals surface area contributed by atoms with Crippen molar-refractivity contribution in [3.63, 3.8) is 0 Å². The maximum Gasteiger partial charge on any atom is 0.261 e. The molecule has 3 rings (SSSR count). The van der Waals surface area contributed by atoms with Gasteiger partial charge in [-0.25, -0.2) is 8.42 Å². The summed E-state index contributed by atoms with van der Waals surface area (Å²) < 4.78 is 30.3. The first-order valence-electron chi connectivity index (χ1n) is 8.85. The SMILES string of the molecule is O=C(COc1ccccc1Br)N(C1CCCCC1)C1CCS(=O)(=O)C1. The number of hydrogen-bond acceptors (Lipinski definition) is 4. The van der Waals surface area contributed by atoms with Crippen LogP contribution >= 0.6 is 15.9 Å². The second-order valence-electron chi connectivity index (χ2n) is 6.87. The summed E-state index contributed by atoms with van der Waals surface area (Å²) in [5.41, 5.74) is 0. The Morgan fingerprint density at radius 3 is 2.48 bits per heavy atom. The third-order valence-electron chi connectivity index (χ3n) is 5.05. The summed E-state index contributed by atoms with van der Waals surface area (Å²) in [5, 5.41) is 0. The first-order valence-corrected chi connectivity index (χ1v) is 11.5. The van der Waals surface area contributed by atoms with E-state index < -0.39 is 9.84 Å². The standard InChI is InChI=1S/C18H24BrNO4S/c19-16-8-4-5-9-17(16)24-12-18(21)20(14-6-2-1-3-7-14)15-10-11-25(22,23)13-15/h4-5,8-9,14-15H,1-3,6-7,10-13H2. The first kappa shape index (κ1) is 18.7. The highest BCUT2D eigenvalue weighted by Gasteiger charge is 2.38. The number of amides is 1. The number of sulfone groups is 1. The fraction of sp³-hybridized carbons (Fsp3) is 0.611. The van der Waals surface area contributed by atoms with Crippen LogP contribution in [0.25, 0.3) is 0 Å². The summed E-state index contributed by atoms with van der Waals surface area (Å²) in [6.07, 6.45) is 5.83. The van der Waals surface area contributed by atoms with Crippen molar-refractivity contribution >= 4 is 31.7 Å². The van der Waals surface area contributed by atoms with Crippen LogP contribution in [0.2, 0.25) is 0 Å². The quantitative estimate of drug-likeness (QED) is 0.720. The lowest BCUT2D eigenvalue weighted by molar-refractivity contribution is -0.138. The zero-order chi connectivity index (χ0) is 17.9. The minimum absolute atomic E-state index is 0.0599. The Morgan fingerprint density at radius 2 is 1.84 bits per heavy atom. The molecule has 7 heteroatoms. The average molecular weight is 430 g/mol. The van der Waals surface area contributed by atoms with E-state index in [2.05, 4.69) is 15.9 Å². The van der Waals surface area contributed by atoms with Gasteiger partial charge in [0.25, 0.3) is 5.91 Å². The van der Waals surface area contributed by atoms with E-state index in [0.29, 0.717) is 12.2 Å². The van der Waals surface area contributed by atoms with Crippen molar-refractivity contribution in [3.8, 4) is 5.75 Å². The monoisotopic (exact) mass is 429 g/mol. The molecule has 1 saturated carbocycles. The zero-order valence-corrected chi connectivity index (χ0v) is 16.6. The molecule has 1 aromatic rings. The molecule has 0 bridgehead atoms. The van der Waals surface area contributed by atoms with Crippen molar-refractivity contribution in [2.24, 2.45) is 0 Å². The fourth-order valence-corrected chi connectivity index (χ4v) is 5.95. The van der Waals surface area contributed by atoms with Crippen LogP contribution in [0.15, 0.2) is 28.7 Å². The molecule has 5 nitrogen and oxygen atoms in total. The Bertz CT molecular complexity index is 716. The summed E-state index contributed by atoms with van der Waals surface area (Å²) in [6, 6.07) is 7.35. The van der Waals surface area contributed by atoms with Crippen molar-refractivity contribution in [2.75, 3.05) is 18.1 Å². The van der Waals surface area contributed by atoms with Crippen LogP contribution in [0.1, 0.15) is 38.5 Å². The molecule has 0 spiro atoms. The molecule has 138 valence electrons. The fourth-order valence-electron chi connectivity index (χ4n) is 3.84. The highest BCUT2D eigenvalue weighted by atomic mass is 79.9. The molecule has 1 saturated heterocycles. The summed E-state index contributed by atoms with van der Waals surface area (Å²) in [4.78, 5) is 14.7. The molecule has 25 heavy (non-hydrogen) atoms. The van der Waals surface area contributed by atoms with Gasteiger partial charge in [0, 0.05) is 12.1 Å². The Kier molecular flexibility index (Phi) is 6.04. The molecular weight excluding hydrogens is 406 g/mol. The second kappa shape index (κ2) is 8.08. The maximum absolute atomic E-state index is 12.9. The Morgan fingerprint density at radius 1 is 1.12 bits per heavy atom. The third kappa shape index (κ3) is 4.76. The van der Waals surface area contributed by atoms with Crippen LogP contribution in [0, 0.1) is 0 Å². The van der Waals surface area contributed by atoms with Crippen LogP contribution in [0.5, 0.6) is 5.75 Å². The van der Waals surface area contributed by atoms with Crippen molar-refractivity contribution < 1.29 is 17.9 Å². The maximum atomic E-state index is 12.9. The number of ether oxygens (including phenoxy) is 1. The van der Waals surface area contributed by atoms with E-state index in [1.165, 1.54) is 6.42 Å². The largest absolute Gasteiger partial charge is 0.483 e. The molecular formula is C18H24BrNO4S. The van der Waals surface area contributed by atoms with Crippen LogP contribution < -0.4 is 4.74 Å². The second-order valence-corrected chi connectivity index (χ2v) is 9.95. The molecule has 2 fully saturated rings. The molecule has 1 aromatic carbocycles. The minimum Gasteiger partial charge on any atom is -0.483 e.